The minimum atomic E-state index is -0.810. The lowest BCUT2D eigenvalue weighted by molar-refractivity contribution is 0.102. The van der Waals surface area contributed by atoms with Crippen molar-refractivity contribution in [3.05, 3.63) is 49.6 Å². The van der Waals surface area contributed by atoms with Crippen molar-refractivity contribution in [3.8, 4) is 17.1 Å². The molecule has 30 heavy (non-hydrogen) atoms. The zero-order chi connectivity index (χ0) is 21.8. The smallest absolute Gasteiger partial charge is 0.329 e. The minimum Gasteiger partial charge on any atom is -0.496 e. The molecule has 158 valence electrons. The number of ether oxygens (including phenoxy) is 1. The van der Waals surface area contributed by atoms with Gasteiger partial charge in [0.1, 0.15) is 17.1 Å². The van der Waals surface area contributed by atoms with Gasteiger partial charge in [-0.15, -0.1) is 5.10 Å². The highest BCUT2D eigenvalue weighted by Crippen LogP contribution is 2.31. The molecule has 0 aliphatic heterocycles. The molecule has 3 rings (SSSR count). The van der Waals surface area contributed by atoms with Crippen molar-refractivity contribution >= 4 is 35.0 Å². The summed E-state index contributed by atoms with van der Waals surface area (Å²) in [5.41, 5.74) is 4.83. The second-order valence-corrected chi connectivity index (χ2v) is 7.57. The fourth-order valence-electron chi connectivity index (χ4n) is 2.80. The number of H-pyrrole nitrogens is 2. The normalized spacial score (nSPS) is 10.9. The molecule has 2 heterocycles. The average molecular weight is 451 g/mol. The van der Waals surface area contributed by atoms with Gasteiger partial charge in [0.2, 0.25) is 5.16 Å². The zero-order valence-corrected chi connectivity index (χ0v) is 17.8. The maximum absolute atomic E-state index is 12.6. The van der Waals surface area contributed by atoms with Gasteiger partial charge in [0.15, 0.2) is 11.6 Å². The van der Waals surface area contributed by atoms with Crippen LogP contribution in [0.1, 0.15) is 23.7 Å². The Labute approximate surface area is 179 Å². The summed E-state index contributed by atoms with van der Waals surface area (Å²) in [5, 5.41) is 7.64. The van der Waals surface area contributed by atoms with Crippen LogP contribution in [-0.4, -0.2) is 43.4 Å². The van der Waals surface area contributed by atoms with Gasteiger partial charge in [-0.1, -0.05) is 30.3 Å². The molecule has 0 aliphatic carbocycles. The molecule has 0 aliphatic rings. The van der Waals surface area contributed by atoms with Crippen molar-refractivity contribution in [2.45, 2.75) is 25.0 Å². The molecule has 0 radical (unpaired) electrons. The first-order valence-corrected chi connectivity index (χ1v) is 10.3. The molecule has 0 unspecified atom stereocenters. The summed E-state index contributed by atoms with van der Waals surface area (Å²) in [7, 11) is 1.53. The molecule has 0 atom stereocenters. The van der Waals surface area contributed by atoms with E-state index in [0.717, 1.165) is 11.8 Å². The van der Waals surface area contributed by atoms with Gasteiger partial charge in [0.25, 0.3) is 5.56 Å². The number of hydrogen-bond acceptors (Lipinski definition) is 8. The number of ketones is 1. The van der Waals surface area contributed by atoms with Gasteiger partial charge in [-0.25, -0.2) is 9.78 Å². The van der Waals surface area contributed by atoms with Gasteiger partial charge in [-0.05, 0) is 24.6 Å². The summed E-state index contributed by atoms with van der Waals surface area (Å²) in [6.45, 7) is 2.14. The van der Waals surface area contributed by atoms with Crippen molar-refractivity contribution < 1.29 is 9.53 Å². The predicted octanol–water partition coefficient (Wildman–Crippen LogP) is 1.95. The predicted molar refractivity (Wildman–Crippen MR) is 114 cm³/mol. The molecular formula is C18H19ClN6O4S. The van der Waals surface area contributed by atoms with Crippen LogP contribution >= 0.6 is 23.4 Å². The van der Waals surface area contributed by atoms with E-state index in [4.69, 9.17) is 22.1 Å². The fourth-order valence-corrected chi connectivity index (χ4v) is 3.64. The van der Waals surface area contributed by atoms with Crippen LogP contribution in [0.25, 0.3) is 11.4 Å². The number of rotatable bonds is 8. The number of aromatic nitrogens is 5. The lowest BCUT2D eigenvalue weighted by atomic mass is 10.2. The molecule has 0 bridgehead atoms. The van der Waals surface area contributed by atoms with Crippen molar-refractivity contribution in [2.75, 3.05) is 18.6 Å². The first-order valence-electron chi connectivity index (χ1n) is 8.90. The molecule has 12 heteroatoms. The topological polar surface area (TPSA) is 149 Å². The Bertz CT molecular complexity index is 1200. The number of halogens is 1. The number of hydrogen-bond donors (Lipinski definition) is 3. The third-order valence-corrected chi connectivity index (χ3v) is 5.26. The second-order valence-electron chi connectivity index (χ2n) is 6.19. The van der Waals surface area contributed by atoms with E-state index in [1.807, 2.05) is 6.92 Å². The Morgan fingerprint density at radius 2 is 2.13 bits per heavy atom. The van der Waals surface area contributed by atoms with Crippen LogP contribution in [0, 0.1) is 0 Å². The van der Waals surface area contributed by atoms with Gasteiger partial charge < -0.3 is 10.5 Å². The monoisotopic (exact) mass is 450 g/mol. The number of nitrogen functional groups attached to an aromatic ring is 1. The highest BCUT2D eigenvalue weighted by molar-refractivity contribution is 7.99. The molecule has 2 aromatic heterocycles. The summed E-state index contributed by atoms with van der Waals surface area (Å²) >= 11 is 7.07. The SMILES string of the molecule is CCCn1c(N)c(C(=O)CSc2n[nH]c(-c3cc(Cl)ccc3OC)n2)c(=O)[nH]c1=O. The van der Waals surface area contributed by atoms with E-state index in [2.05, 4.69) is 20.2 Å². The number of aromatic amines is 2. The third kappa shape index (κ3) is 4.41. The number of nitrogens with one attached hydrogen (secondary N) is 2. The standard InChI is InChI=1S/C18H19ClN6O4S/c1-3-6-25-14(20)13(16(27)22-18(25)28)11(26)8-30-17-21-15(23-24-17)10-7-9(19)4-5-12(10)29-2/h4-5,7H,3,6,8,20H2,1-2H3,(H,21,23,24)(H,22,27,28). The van der Waals surface area contributed by atoms with E-state index in [0.29, 0.717) is 35.1 Å². The molecule has 1 aromatic carbocycles. The number of benzene rings is 1. The second kappa shape index (κ2) is 9.18. The number of thioether (sulfide) groups is 1. The maximum Gasteiger partial charge on any atom is 0.329 e. The Morgan fingerprint density at radius 1 is 1.37 bits per heavy atom. The fraction of sp³-hybridized carbons (Fsp3) is 0.278. The molecule has 4 N–H and O–H groups in total. The number of carbonyl (C=O) groups excluding carboxylic acids is 1. The van der Waals surface area contributed by atoms with Gasteiger partial charge in [0.05, 0.1) is 18.4 Å². The average Bonchev–Trinajstić information content (AvgIpc) is 3.18. The Morgan fingerprint density at radius 3 is 2.83 bits per heavy atom. The van der Waals surface area contributed by atoms with Crippen LogP contribution < -0.4 is 21.7 Å². The first-order chi connectivity index (χ1) is 14.3. The summed E-state index contributed by atoms with van der Waals surface area (Å²) in [5.74, 6) is 0.159. The van der Waals surface area contributed by atoms with E-state index in [9.17, 15) is 14.4 Å². The lowest BCUT2D eigenvalue weighted by Crippen LogP contribution is -2.36. The maximum atomic E-state index is 12.6. The van der Waals surface area contributed by atoms with Gasteiger partial charge in [-0.2, -0.15) is 0 Å². The quantitative estimate of drug-likeness (QED) is 0.348. The third-order valence-electron chi connectivity index (χ3n) is 4.18. The number of anilines is 1. The summed E-state index contributed by atoms with van der Waals surface area (Å²) in [6, 6.07) is 5.07. The van der Waals surface area contributed by atoms with Crippen molar-refractivity contribution in [1.29, 1.82) is 0 Å². The van der Waals surface area contributed by atoms with Crippen LogP contribution in [0.5, 0.6) is 5.75 Å². The molecule has 0 amide bonds. The Balaban J connectivity index is 1.80. The number of nitrogens with two attached hydrogens (primary N) is 1. The zero-order valence-electron chi connectivity index (χ0n) is 16.2. The molecule has 0 saturated heterocycles. The molecular weight excluding hydrogens is 432 g/mol. The van der Waals surface area contributed by atoms with Gasteiger partial charge in [0, 0.05) is 11.6 Å². The highest BCUT2D eigenvalue weighted by atomic mass is 35.5. The van der Waals surface area contributed by atoms with E-state index in [1.54, 1.807) is 18.2 Å². The minimum absolute atomic E-state index is 0.137. The molecule has 0 saturated carbocycles. The number of nitrogens with zero attached hydrogens (tertiary/aromatic N) is 3. The van der Waals surface area contributed by atoms with Crippen LogP contribution in [-0.2, 0) is 6.54 Å². The molecule has 10 nitrogen and oxygen atoms in total. The van der Waals surface area contributed by atoms with Crippen LogP contribution in [0.4, 0.5) is 5.82 Å². The molecule has 3 aromatic rings. The summed E-state index contributed by atoms with van der Waals surface area (Å²) in [6.07, 6.45) is 0.617. The van der Waals surface area contributed by atoms with E-state index in [1.165, 1.54) is 11.7 Å². The Hall–Kier alpha value is -3.05. The van der Waals surface area contributed by atoms with Crippen molar-refractivity contribution in [3.63, 3.8) is 0 Å². The van der Waals surface area contributed by atoms with E-state index < -0.39 is 17.0 Å². The first kappa shape index (κ1) is 21.7. The summed E-state index contributed by atoms with van der Waals surface area (Å²) < 4.78 is 6.48. The molecule has 0 fully saturated rings. The van der Waals surface area contributed by atoms with Crippen LogP contribution in [0.2, 0.25) is 5.02 Å². The molecule has 0 spiro atoms. The largest absolute Gasteiger partial charge is 0.496 e. The number of carbonyl (C=O) groups is 1. The highest BCUT2D eigenvalue weighted by Gasteiger charge is 2.20. The number of methoxy groups -OCH3 is 1. The van der Waals surface area contributed by atoms with Crippen molar-refractivity contribution in [1.82, 2.24) is 24.7 Å². The van der Waals surface area contributed by atoms with Crippen LogP contribution in [0.3, 0.4) is 0 Å². The van der Waals surface area contributed by atoms with E-state index >= 15 is 0 Å². The van der Waals surface area contributed by atoms with Crippen LogP contribution in [0.15, 0.2) is 32.9 Å². The Kier molecular flexibility index (Phi) is 6.63. The van der Waals surface area contributed by atoms with Crippen molar-refractivity contribution in [2.24, 2.45) is 0 Å². The number of Topliss-reactive ketones (excluding diaryl/α,β-unsaturated/α-hetero) is 1. The summed E-state index contributed by atoms with van der Waals surface area (Å²) in [4.78, 5) is 43.1. The lowest BCUT2D eigenvalue weighted by Gasteiger charge is -2.10. The van der Waals surface area contributed by atoms with Gasteiger partial charge >= 0.3 is 5.69 Å². The van der Waals surface area contributed by atoms with Gasteiger partial charge in [-0.3, -0.25) is 24.2 Å². The van der Waals surface area contributed by atoms with E-state index in [-0.39, 0.29) is 22.3 Å².